The molecule has 108 valence electrons. The average molecular weight is 278 g/mol. The van der Waals surface area contributed by atoms with Gasteiger partial charge < -0.3 is 14.4 Å². The number of rotatable bonds is 3. The maximum Gasteiger partial charge on any atom is 0.249 e. The first-order valence-corrected chi connectivity index (χ1v) is 6.34. The Bertz CT molecular complexity index is 524. The zero-order chi connectivity index (χ0) is 14.9. The van der Waals surface area contributed by atoms with Crippen LogP contribution in [0.2, 0.25) is 0 Å². The lowest BCUT2D eigenvalue weighted by Crippen LogP contribution is -2.61. The molecule has 20 heavy (non-hydrogen) atoms. The molecule has 1 aliphatic rings. The zero-order valence-electron chi connectivity index (χ0n) is 12.0. The van der Waals surface area contributed by atoms with Gasteiger partial charge in [-0.25, -0.2) is 0 Å². The third-order valence-electron chi connectivity index (χ3n) is 3.51. The summed E-state index contributed by atoms with van der Waals surface area (Å²) in [6, 6.07) is 4.46. The fourth-order valence-corrected chi connectivity index (χ4v) is 2.35. The van der Waals surface area contributed by atoms with Crippen LogP contribution in [0.4, 0.5) is 5.69 Å². The smallest absolute Gasteiger partial charge is 0.249 e. The summed E-state index contributed by atoms with van der Waals surface area (Å²) in [5.41, 5.74) is 0.742. The lowest BCUT2D eigenvalue weighted by Gasteiger charge is -2.38. The molecule has 2 rings (SSSR count). The van der Waals surface area contributed by atoms with Crippen LogP contribution in [0.1, 0.15) is 13.8 Å². The number of nitrogens with one attached hydrogen (secondary N) is 1. The van der Waals surface area contributed by atoms with Crippen LogP contribution in [0.15, 0.2) is 18.2 Å². The van der Waals surface area contributed by atoms with Gasteiger partial charge in [0.05, 0.1) is 14.2 Å². The fraction of sp³-hybridized carbons (Fsp3) is 0.429. The topological polar surface area (TPSA) is 67.9 Å². The quantitative estimate of drug-likeness (QED) is 0.834. The largest absolute Gasteiger partial charge is 0.493 e. The van der Waals surface area contributed by atoms with Crippen LogP contribution in [-0.4, -0.2) is 38.1 Å². The highest BCUT2D eigenvalue weighted by Crippen LogP contribution is 2.33. The van der Waals surface area contributed by atoms with E-state index in [9.17, 15) is 9.59 Å². The van der Waals surface area contributed by atoms with Gasteiger partial charge in [0.15, 0.2) is 11.5 Å². The van der Waals surface area contributed by atoms with E-state index in [0.717, 1.165) is 5.69 Å². The lowest BCUT2D eigenvalue weighted by atomic mass is 10.1. The van der Waals surface area contributed by atoms with E-state index >= 15 is 0 Å². The second-order valence-corrected chi connectivity index (χ2v) is 4.65. The molecule has 1 aromatic carbocycles. The van der Waals surface area contributed by atoms with Gasteiger partial charge in [-0.2, -0.15) is 0 Å². The van der Waals surface area contributed by atoms with Crippen molar-refractivity contribution in [2.45, 2.75) is 25.9 Å². The molecule has 2 atom stereocenters. The highest BCUT2D eigenvalue weighted by molar-refractivity contribution is 6.06. The number of benzene rings is 1. The van der Waals surface area contributed by atoms with Gasteiger partial charge in [0.2, 0.25) is 11.8 Å². The number of carbonyl (C=O) groups is 2. The molecule has 2 amide bonds. The number of methoxy groups -OCH3 is 2. The maximum atomic E-state index is 11.8. The Morgan fingerprint density at radius 3 is 2.05 bits per heavy atom. The number of ether oxygens (including phenoxy) is 2. The van der Waals surface area contributed by atoms with Crippen LogP contribution in [0.5, 0.6) is 11.5 Å². The van der Waals surface area contributed by atoms with Crippen molar-refractivity contribution in [3.63, 3.8) is 0 Å². The molecular formula is C14H18N2O4. The predicted octanol–water partition coefficient (Wildman–Crippen LogP) is 0.944. The normalized spacial score (nSPS) is 22.5. The number of carbonyl (C=O) groups excluding carboxylic acids is 2. The van der Waals surface area contributed by atoms with Crippen molar-refractivity contribution < 1.29 is 19.1 Å². The van der Waals surface area contributed by atoms with Crippen molar-refractivity contribution in [1.82, 2.24) is 5.32 Å². The minimum Gasteiger partial charge on any atom is -0.493 e. The van der Waals surface area contributed by atoms with Crippen LogP contribution in [0.25, 0.3) is 0 Å². The van der Waals surface area contributed by atoms with Crippen LogP contribution < -0.4 is 19.7 Å². The summed E-state index contributed by atoms with van der Waals surface area (Å²) in [7, 11) is 3.10. The summed E-state index contributed by atoms with van der Waals surface area (Å²) in [5, 5.41) is 2.35. The molecule has 1 N–H and O–H groups in total. The van der Waals surface area contributed by atoms with E-state index in [-0.39, 0.29) is 11.8 Å². The van der Waals surface area contributed by atoms with Gasteiger partial charge in [0, 0.05) is 11.8 Å². The standard InChI is InChI=1S/C14H18N2O4/c1-8-13(17)15-14(18)9(2)16(8)10-5-6-11(19-3)12(7-10)20-4/h5-9H,1-4H3,(H,15,17,18). The van der Waals surface area contributed by atoms with Crippen molar-refractivity contribution in [1.29, 1.82) is 0 Å². The third kappa shape index (κ3) is 2.29. The zero-order valence-corrected chi connectivity index (χ0v) is 12.0. The first-order valence-electron chi connectivity index (χ1n) is 6.34. The van der Waals surface area contributed by atoms with Crippen molar-refractivity contribution >= 4 is 17.5 Å². The second-order valence-electron chi connectivity index (χ2n) is 4.65. The monoisotopic (exact) mass is 278 g/mol. The number of hydrogen-bond donors (Lipinski definition) is 1. The van der Waals surface area contributed by atoms with E-state index in [2.05, 4.69) is 5.32 Å². The van der Waals surface area contributed by atoms with Gasteiger partial charge in [-0.05, 0) is 26.0 Å². The van der Waals surface area contributed by atoms with Crippen LogP contribution in [0.3, 0.4) is 0 Å². The molecule has 1 fully saturated rings. The van der Waals surface area contributed by atoms with Crippen LogP contribution in [-0.2, 0) is 9.59 Å². The Hall–Kier alpha value is -2.24. The van der Waals surface area contributed by atoms with E-state index in [4.69, 9.17) is 9.47 Å². The molecule has 0 saturated carbocycles. The van der Waals surface area contributed by atoms with Gasteiger partial charge in [-0.1, -0.05) is 0 Å². The number of hydrogen-bond acceptors (Lipinski definition) is 5. The molecular weight excluding hydrogens is 260 g/mol. The molecule has 1 heterocycles. The van der Waals surface area contributed by atoms with E-state index in [1.54, 1.807) is 51.2 Å². The fourth-order valence-electron chi connectivity index (χ4n) is 2.35. The van der Waals surface area contributed by atoms with E-state index in [1.807, 2.05) is 0 Å². The Balaban J connectivity index is 2.43. The highest BCUT2D eigenvalue weighted by Gasteiger charge is 2.36. The van der Waals surface area contributed by atoms with Crippen LogP contribution in [0, 0.1) is 0 Å². The molecule has 6 heteroatoms. The van der Waals surface area contributed by atoms with Crippen molar-refractivity contribution in [3.05, 3.63) is 18.2 Å². The lowest BCUT2D eigenvalue weighted by molar-refractivity contribution is -0.134. The molecule has 1 saturated heterocycles. The van der Waals surface area contributed by atoms with Crippen LogP contribution >= 0.6 is 0 Å². The number of imide groups is 1. The number of anilines is 1. The summed E-state index contributed by atoms with van der Waals surface area (Å²) >= 11 is 0. The average Bonchev–Trinajstić information content (AvgIpc) is 2.45. The molecule has 2 unspecified atom stereocenters. The van der Waals surface area contributed by atoms with E-state index < -0.39 is 12.1 Å². The SMILES string of the molecule is COc1ccc(N2C(C)C(=O)NC(=O)C2C)cc1OC. The highest BCUT2D eigenvalue weighted by atomic mass is 16.5. The number of nitrogens with zero attached hydrogens (tertiary/aromatic N) is 1. The molecule has 6 nitrogen and oxygen atoms in total. The minimum absolute atomic E-state index is 0.303. The number of piperazine rings is 1. The van der Waals surface area contributed by atoms with Gasteiger partial charge in [0.25, 0.3) is 0 Å². The summed E-state index contributed by atoms with van der Waals surface area (Å²) in [5.74, 6) is 0.554. The Kier molecular flexibility index (Phi) is 3.83. The Morgan fingerprint density at radius 2 is 1.55 bits per heavy atom. The van der Waals surface area contributed by atoms with Gasteiger partial charge in [0.1, 0.15) is 12.1 Å². The Morgan fingerprint density at radius 1 is 1.00 bits per heavy atom. The molecule has 0 spiro atoms. The molecule has 0 radical (unpaired) electrons. The van der Waals surface area contributed by atoms with Gasteiger partial charge in [-0.15, -0.1) is 0 Å². The second kappa shape index (κ2) is 5.40. The summed E-state index contributed by atoms with van der Waals surface area (Å²) in [6.45, 7) is 3.52. The summed E-state index contributed by atoms with van der Waals surface area (Å²) in [6.07, 6.45) is 0. The van der Waals surface area contributed by atoms with Crippen molar-refractivity contribution in [2.75, 3.05) is 19.1 Å². The molecule has 0 aliphatic carbocycles. The van der Waals surface area contributed by atoms with E-state index in [0.29, 0.717) is 11.5 Å². The molecule has 0 bridgehead atoms. The third-order valence-corrected chi connectivity index (χ3v) is 3.51. The van der Waals surface area contributed by atoms with Crippen molar-refractivity contribution in [2.24, 2.45) is 0 Å². The first-order chi connectivity index (χ1) is 9.49. The molecule has 1 aliphatic heterocycles. The Labute approximate surface area is 117 Å². The molecule has 1 aromatic rings. The molecule has 0 aromatic heterocycles. The van der Waals surface area contributed by atoms with Gasteiger partial charge in [-0.3, -0.25) is 14.9 Å². The summed E-state index contributed by atoms with van der Waals surface area (Å²) in [4.78, 5) is 25.3. The number of amides is 2. The van der Waals surface area contributed by atoms with Gasteiger partial charge >= 0.3 is 0 Å². The van der Waals surface area contributed by atoms with E-state index in [1.165, 1.54) is 0 Å². The van der Waals surface area contributed by atoms with Crippen molar-refractivity contribution in [3.8, 4) is 11.5 Å². The summed E-state index contributed by atoms with van der Waals surface area (Å²) < 4.78 is 10.4. The predicted molar refractivity (Wildman–Crippen MR) is 74.1 cm³/mol. The maximum absolute atomic E-state index is 11.8. The first kappa shape index (κ1) is 14.2. The minimum atomic E-state index is -0.430.